The number of ether oxygens (including phenoxy) is 1. The van der Waals surface area contributed by atoms with Crippen LogP contribution in [0.4, 0.5) is 5.82 Å². The van der Waals surface area contributed by atoms with Gasteiger partial charge in [-0.2, -0.15) is 5.10 Å². The zero-order valence-electron chi connectivity index (χ0n) is 18.3. The van der Waals surface area contributed by atoms with E-state index in [2.05, 4.69) is 10.4 Å². The summed E-state index contributed by atoms with van der Waals surface area (Å²) < 4.78 is 7.09. The molecule has 0 atom stereocenters. The van der Waals surface area contributed by atoms with E-state index in [1.807, 2.05) is 30.3 Å². The largest absolute Gasteiger partial charge is 0.500 e. The van der Waals surface area contributed by atoms with Crippen molar-refractivity contribution < 1.29 is 14.3 Å². The predicted molar refractivity (Wildman–Crippen MR) is 122 cm³/mol. The molecule has 0 unspecified atom stereocenters. The van der Waals surface area contributed by atoms with Crippen molar-refractivity contribution in [2.75, 3.05) is 12.8 Å². The molecule has 2 aromatic rings. The van der Waals surface area contributed by atoms with Gasteiger partial charge in [-0.25, -0.2) is 4.68 Å². The average Bonchev–Trinajstić information content (AvgIpc) is 3.45. The summed E-state index contributed by atoms with van der Waals surface area (Å²) >= 11 is 0. The molecular formula is C24H29N5O3. The average molecular weight is 436 g/mol. The number of anilines is 1. The molecule has 1 fully saturated rings. The number of nitrogen functional groups attached to an aromatic ring is 1. The van der Waals surface area contributed by atoms with Crippen LogP contribution in [0.1, 0.15) is 60.5 Å². The van der Waals surface area contributed by atoms with Crippen molar-refractivity contribution in [1.82, 2.24) is 15.1 Å². The summed E-state index contributed by atoms with van der Waals surface area (Å²) in [5.74, 6) is 0.287. The number of benzene rings is 1. The number of nitrogens with zero attached hydrogens (tertiary/aromatic N) is 2. The predicted octanol–water partition coefficient (Wildman–Crippen LogP) is 3.21. The Bertz CT molecular complexity index is 1080. The van der Waals surface area contributed by atoms with Gasteiger partial charge in [-0.3, -0.25) is 9.59 Å². The number of rotatable bonds is 7. The van der Waals surface area contributed by atoms with E-state index in [0.717, 1.165) is 49.7 Å². The molecule has 0 spiro atoms. The first kappa shape index (κ1) is 21.7. The van der Waals surface area contributed by atoms with Crippen LogP contribution in [0, 0.1) is 0 Å². The standard InChI is InChI=1S/C24H29N5O3/c1-32-19-9-5-4-8-18(19)24(31)27-14-15-10-12-16(13-11-15)21-20(23(26)30)22(25)29(28-21)17-6-2-3-7-17/h4,8,10-13,17H,2-3,5-7,9,14,25H2,1H3,(H2,26,30)(H,27,31). The highest BCUT2D eigenvalue weighted by Gasteiger charge is 2.27. The molecule has 2 aliphatic rings. The van der Waals surface area contributed by atoms with Crippen LogP contribution in [0.15, 0.2) is 47.7 Å². The summed E-state index contributed by atoms with van der Waals surface area (Å²) in [7, 11) is 1.58. The van der Waals surface area contributed by atoms with Crippen molar-refractivity contribution in [3.63, 3.8) is 0 Å². The minimum Gasteiger partial charge on any atom is -0.500 e. The lowest BCUT2D eigenvalue weighted by Crippen LogP contribution is -2.25. The lowest BCUT2D eigenvalue weighted by atomic mass is 10.0. The maximum absolute atomic E-state index is 12.5. The Morgan fingerprint density at radius 2 is 1.94 bits per heavy atom. The lowest BCUT2D eigenvalue weighted by Gasteiger charge is -2.14. The highest BCUT2D eigenvalue weighted by Crippen LogP contribution is 2.35. The molecule has 4 rings (SSSR count). The molecule has 168 valence electrons. The molecule has 0 saturated heterocycles. The Morgan fingerprint density at radius 1 is 1.22 bits per heavy atom. The quantitative estimate of drug-likeness (QED) is 0.616. The van der Waals surface area contributed by atoms with Gasteiger partial charge in [0, 0.05) is 18.5 Å². The third kappa shape index (κ3) is 4.26. The van der Waals surface area contributed by atoms with Crippen LogP contribution >= 0.6 is 0 Å². The van der Waals surface area contributed by atoms with Gasteiger partial charge >= 0.3 is 0 Å². The van der Waals surface area contributed by atoms with Gasteiger partial charge in [0.15, 0.2) is 0 Å². The molecule has 32 heavy (non-hydrogen) atoms. The number of nitrogens with two attached hydrogens (primary N) is 2. The normalized spacial score (nSPS) is 16.4. The van der Waals surface area contributed by atoms with Gasteiger partial charge in [0.25, 0.3) is 11.8 Å². The van der Waals surface area contributed by atoms with E-state index in [-0.39, 0.29) is 17.5 Å². The Kier molecular flexibility index (Phi) is 6.30. The number of nitrogens with one attached hydrogen (secondary N) is 1. The molecule has 5 N–H and O–H groups in total. The third-order valence-corrected chi connectivity index (χ3v) is 6.16. The van der Waals surface area contributed by atoms with Gasteiger partial charge in [-0.05, 0) is 24.8 Å². The van der Waals surface area contributed by atoms with Crippen molar-refractivity contribution in [3.8, 4) is 11.3 Å². The topological polar surface area (TPSA) is 125 Å². The van der Waals surface area contributed by atoms with Crippen LogP contribution in [-0.4, -0.2) is 28.7 Å². The van der Waals surface area contributed by atoms with Gasteiger partial charge in [0.05, 0.1) is 18.7 Å². The fraction of sp³-hybridized carbons (Fsp3) is 0.375. The molecule has 8 nitrogen and oxygen atoms in total. The second-order valence-electron chi connectivity index (χ2n) is 8.22. The molecule has 2 amide bonds. The van der Waals surface area contributed by atoms with Gasteiger partial charge in [-0.15, -0.1) is 0 Å². The summed E-state index contributed by atoms with van der Waals surface area (Å²) in [4.78, 5) is 24.6. The molecule has 0 aliphatic heterocycles. The minimum atomic E-state index is -0.583. The molecule has 1 aromatic carbocycles. The fourth-order valence-corrected chi connectivity index (χ4v) is 4.44. The zero-order valence-corrected chi connectivity index (χ0v) is 18.3. The van der Waals surface area contributed by atoms with Crippen molar-refractivity contribution in [1.29, 1.82) is 0 Å². The number of hydrogen-bond acceptors (Lipinski definition) is 5. The maximum atomic E-state index is 12.5. The van der Waals surface area contributed by atoms with Crippen LogP contribution < -0.4 is 16.8 Å². The number of aromatic nitrogens is 2. The first-order valence-electron chi connectivity index (χ1n) is 11.0. The van der Waals surface area contributed by atoms with Crippen molar-refractivity contribution in [2.24, 2.45) is 5.73 Å². The molecule has 0 bridgehead atoms. The first-order valence-corrected chi connectivity index (χ1v) is 11.0. The number of amides is 2. The molecule has 1 aromatic heterocycles. The Hall–Kier alpha value is -3.55. The number of methoxy groups -OCH3 is 1. The monoisotopic (exact) mass is 435 g/mol. The minimum absolute atomic E-state index is 0.166. The van der Waals surface area contributed by atoms with Gasteiger partial charge in [-0.1, -0.05) is 49.3 Å². The molecule has 1 heterocycles. The van der Waals surface area contributed by atoms with E-state index >= 15 is 0 Å². The molecule has 0 radical (unpaired) electrons. The van der Waals surface area contributed by atoms with Crippen LogP contribution in [-0.2, 0) is 16.1 Å². The SMILES string of the molecule is COC1=C(C(=O)NCc2ccc(-c3nn(C4CCCC4)c(N)c3C(N)=O)cc2)C=CCC1. The highest BCUT2D eigenvalue weighted by atomic mass is 16.5. The van der Waals surface area contributed by atoms with E-state index in [4.69, 9.17) is 16.2 Å². The second-order valence-corrected chi connectivity index (χ2v) is 8.22. The summed E-state index contributed by atoms with van der Waals surface area (Å²) in [5, 5.41) is 7.59. The van der Waals surface area contributed by atoms with Gasteiger partial charge in [0.2, 0.25) is 0 Å². The van der Waals surface area contributed by atoms with Crippen molar-refractivity contribution in [2.45, 2.75) is 51.1 Å². The molecule has 2 aliphatic carbocycles. The number of allylic oxidation sites excluding steroid dienone is 2. The number of primary amides is 1. The second kappa shape index (κ2) is 9.30. The third-order valence-electron chi connectivity index (χ3n) is 6.16. The van der Waals surface area contributed by atoms with E-state index in [9.17, 15) is 9.59 Å². The fourth-order valence-electron chi connectivity index (χ4n) is 4.44. The maximum Gasteiger partial charge on any atom is 0.254 e. The smallest absolute Gasteiger partial charge is 0.254 e. The summed E-state index contributed by atoms with van der Waals surface area (Å²) in [6.07, 6.45) is 9.63. The number of carbonyl (C=O) groups excluding carboxylic acids is 2. The summed E-state index contributed by atoms with van der Waals surface area (Å²) in [5.41, 5.74) is 14.9. The van der Waals surface area contributed by atoms with Crippen molar-refractivity contribution in [3.05, 3.63) is 58.9 Å². The Morgan fingerprint density at radius 3 is 2.59 bits per heavy atom. The molecule has 1 saturated carbocycles. The number of hydrogen-bond donors (Lipinski definition) is 3. The van der Waals surface area contributed by atoms with Crippen LogP contribution in [0.25, 0.3) is 11.3 Å². The van der Waals surface area contributed by atoms with Gasteiger partial charge < -0.3 is 21.5 Å². The Balaban J connectivity index is 1.51. The van der Waals surface area contributed by atoms with E-state index in [1.54, 1.807) is 17.9 Å². The number of carbonyl (C=O) groups is 2. The lowest BCUT2D eigenvalue weighted by molar-refractivity contribution is -0.117. The van der Waals surface area contributed by atoms with E-state index in [0.29, 0.717) is 29.4 Å². The summed E-state index contributed by atoms with van der Waals surface area (Å²) in [6, 6.07) is 7.74. The van der Waals surface area contributed by atoms with E-state index in [1.165, 1.54) is 0 Å². The zero-order chi connectivity index (χ0) is 22.7. The van der Waals surface area contributed by atoms with E-state index < -0.39 is 5.91 Å². The van der Waals surface area contributed by atoms with Crippen LogP contribution in [0.3, 0.4) is 0 Å². The summed E-state index contributed by atoms with van der Waals surface area (Å²) in [6.45, 7) is 0.370. The molecular weight excluding hydrogens is 406 g/mol. The molecule has 8 heteroatoms. The van der Waals surface area contributed by atoms with Crippen molar-refractivity contribution >= 4 is 17.6 Å². The van der Waals surface area contributed by atoms with Crippen LogP contribution in [0.2, 0.25) is 0 Å². The Labute approximate surface area is 187 Å². The highest BCUT2D eigenvalue weighted by molar-refractivity contribution is 6.03. The van der Waals surface area contributed by atoms with Crippen LogP contribution in [0.5, 0.6) is 0 Å². The first-order chi connectivity index (χ1) is 15.5. The van der Waals surface area contributed by atoms with Gasteiger partial charge in [0.1, 0.15) is 22.8 Å².